The zero-order chi connectivity index (χ0) is 27.0. The summed E-state index contributed by atoms with van der Waals surface area (Å²) in [5, 5.41) is 31.5. The van der Waals surface area contributed by atoms with Crippen LogP contribution in [0.5, 0.6) is 11.5 Å². The largest absolute Gasteiger partial charge is 0.502 e. The first-order chi connectivity index (χ1) is 18.2. The van der Waals surface area contributed by atoms with Crippen LogP contribution in [-0.4, -0.2) is 33.4 Å². The quantitative estimate of drug-likeness (QED) is 0.161. The minimum absolute atomic E-state index is 0.0282. The number of nitrogens with one attached hydrogen (secondary N) is 1. The fourth-order valence-electron chi connectivity index (χ4n) is 3.56. The molecule has 2 heterocycles. The molecule has 38 heavy (non-hydrogen) atoms. The fraction of sp³-hybridized carbons (Fsp3) is 0.0417. The fourth-order valence-corrected chi connectivity index (χ4v) is 4.93. The van der Waals surface area contributed by atoms with Crippen molar-refractivity contribution in [1.82, 2.24) is 4.68 Å². The van der Waals surface area contributed by atoms with Gasteiger partial charge in [-0.05, 0) is 42.5 Å². The van der Waals surface area contributed by atoms with E-state index >= 15 is 0 Å². The highest BCUT2D eigenvalue weighted by atomic mass is 35.5. The van der Waals surface area contributed by atoms with Gasteiger partial charge in [-0.1, -0.05) is 34.8 Å². The molecule has 0 unspecified atom stereocenters. The van der Waals surface area contributed by atoms with E-state index in [-0.39, 0.29) is 23.1 Å². The van der Waals surface area contributed by atoms with Crippen molar-refractivity contribution in [2.75, 3.05) is 11.9 Å². The van der Waals surface area contributed by atoms with Gasteiger partial charge >= 0.3 is 5.69 Å². The summed E-state index contributed by atoms with van der Waals surface area (Å²) < 4.78 is 6.92. The zero-order valence-corrected chi connectivity index (χ0v) is 22.0. The van der Waals surface area contributed by atoms with Crippen LogP contribution in [0.4, 0.5) is 17.1 Å². The standard InChI is InChI=1S/C24H14Cl3N5O5S/c25-14-5-13(23(34)19(7-14)32(35)36)9-28-31-20(12-1-4-21-18(6-12)30-22(33)10-37-21)11-38-24(31)29-15-2-3-16(26)17(27)8-15/h1-9,11,34H,10H2,(H,30,33). The van der Waals surface area contributed by atoms with Crippen LogP contribution in [0, 0.1) is 10.1 Å². The number of benzene rings is 3. The van der Waals surface area contributed by atoms with Crippen molar-refractivity contribution < 1.29 is 19.6 Å². The van der Waals surface area contributed by atoms with E-state index in [9.17, 15) is 20.0 Å². The van der Waals surface area contributed by atoms with Crippen molar-refractivity contribution in [2.24, 2.45) is 10.1 Å². The highest BCUT2D eigenvalue weighted by molar-refractivity contribution is 7.07. The molecule has 1 aliphatic rings. The molecule has 2 N–H and O–H groups in total. The van der Waals surface area contributed by atoms with Crippen LogP contribution >= 0.6 is 46.1 Å². The van der Waals surface area contributed by atoms with Gasteiger partial charge in [-0.25, -0.2) is 9.67 Å². The monoisotopic (exact) mass is 589 g/mol. The molecule has 1 aromatic heterocycles. The number of ether oxygens (including phenoxy) is 1. The third-order valence-electron chi connectivity index (χ3n) is 5.31. The predicted octanol–water partition coefficient (Wildman–Crippen LogP) is 6.24. The maximum Gasteiger partial charge on any atom is 0.312 e. The van der Waals surface area contributed by atoms with Gasteiger partial charge in [-0.15, -0.1) is 11.3 Å². The number of aromatic nitrogens is 1. The van der Waals surface area contributed by atoms with E-state index in [1.807, 2.05) is 0 Å². The van der Waals surface area contributed by atoms with Crippen LogP contribution in [0.2, 0.25) is 15.1 Å². The van der Waals surface area contributed by atoms with Gasteiger partial charge in [0.25, 0.3) is 5.91 Å². The third-order valence-corrected chi connectivity index (χ3v) is 7.09. The van der Waals surface area contributed by atoms with Crippen LogP contribution in [0.3, 0.4) is 0 Å². The van der Waals surface area contributed by atoms with Gasteiger partial charge < -0.3 is 15.2 Å². The smallest absolute Gasteiger partial charge is 0.312 e. The van der Waals surface area contributed by atoms with Gasteiger partial charge in [0.05, 0.1) is 38.3 Å². The third kappa shape index (κ3) is 5.22. The minimum atomic E-state index is -0.740. The number of hydrogen-bond acceptors (Lipinski definition) is 8. The van der Waals surface area contributed by atoms with Crippen LogP contribution in [0.15, 0.2) is 64.0 Å². The molecule has 0 bridgehead atoms. The molecule has 14 heteroatoms. The summed E-state index contributed by atoms with van der Waals surface area (Å²) in [4.78, 5) is 27.4. The highest BCUT2D eigenvalue weighted by Crippen LogP contribution is 2.34. The van der Waals surface area contributed by atoms with Gasteiger partial charge in [0.15, 0.2) is 6.61 Å². The molecule has 192 valence electrons. The number of rotatable bonds is 5. The normalized spacial score (nSPS) is 13.3. The summed E-state index contributed by atoms with van der Waals surface area (Å²) >= 11 is 19.5. The van der Waals surface area contributed by atoms with Crippen molar-refractivity contribution in [2.45, 2.75) is 0 Å². The van der Waals surface area contributed by atoms with Gasteiger partial charge in [0.2, 0.25) is 10.6 Å². The Labute approximate surface area is 233 Å². The number of thiazole rings is 1. The lowest BCUT2D eigenvalue weighted by atomic mass is 10.1. The molecule has 5 rings (SSSR count). The lowest BCUT2D eigenvalue weighted by Gasteiger charge is -2.18. The molecule has 4 aromatic rings. The van der Waals surface area contributed by atoms with E-state index in [0.29, 0.717) is 43.2 Å². The summed E-state index contributed by atoms with van der Waals surface area (Å²) in [6.45, 7) is -0.0724. The molecule has 0 atom stereocenters. The number of phenolic OH excluding ortho intramolecular Hbond substituents is 1. The number of nitrogens with zero attached hydrogens (tertiary/aromatic N) is 4. The lowest BCUT2D eigenvalue weighted by Crippen LogP contribution is -2.25. The number of carbonyl (C=O) groups is 1. The van der Waals surface area contributed by atoms with E-state index in [0.717, 1.165) is 6.07 Å². The molecular weight excluding hydrogens is 577 g/mol. The number of halogens is 3. The van der Waals surface area contributed by atoms with E-state index in [2.05, 4.69) is 15.4 Å². The van der Waals surface area contributed by atoms with E-state index in [1.54, 1.807) is 41.8 Å². The summed E-state index contributed by atoms with van der Waals surface area (Å²) in [7, 11) is 0. The number of nitro benzene ring substituents is 1. The van der Waals surface area contributed by atoms with E-state index in [1.165, 1.54) is 28.3 Å². The van der Waals surface area contributed by atoms with Crippen LogP contribution < -0.4 is 14.9 Å². The molecule has 0 saturated heterocycles. The second-order valence-electron chi connectivity index (χ2n) is 7.84. The minimum Gasteiger partial charge on any atom is -0.502 e. The topological polar surface area (TPSA) is 131 Å². The summed E-state index contributed by atoms with van der Waals surface area (Å²) in [6.07, 6.45) is 1.24. The Bertz CT molecular complexity index is 1720. The van der Waals surface area contributed by atoms with Gasteiger partial charge in [0, 0.05) is 27.6 Å². The molecule has 0 aliphatic carbocycles. The number of hydrogen-bond donors (Lipinski definition) is 2. The lowest BCUT2D eigenvalue weighted by molar-refractivity contribution is -0.385. The van der Waals surface area contributed by atoms with Crippen molar-refractivity contribution in [3.8, 4) is 22.8 Å². The van der Waals surface area contributed by atoms with Crippen LogP contribution in [0.1, 0.15) is 5.56 Å². The number of aromatic hydroxyl groups is 1. The molecule has 1 amide bonds. The Hall–Kier alpha value is -3.90. The maximum atomic E-state index is 11.8. The van der Waals surface area contributed by atoms with Gasteiger partial charge in [-0.3, -0.25) is 14.9 Å². The molecule has 0 fully saturated rings. The van der Waals surface area contributed by atoms with Crippen molar-refractivity contribution in [1.29, 1.82) is 0 Å². The number of anilines is 1. The first-order valence-corrected chi connectivity index (χ1v) is 12.7. The molecule has 0 saturated carbocycles. The SMILES string of the molecule is O=C1COc2ccc(-c3csc(=Nc4ccc(Cl)c(Cl)c4)n3N=Cc3cc(Cl)cc([N+](=O)[O-])c3O)cc2N1. The number of amides is 1. The van der Waals surface area contributed by atoms with Crippen molar-refractivity contribution in [3.05, 3.63) is 89.5 Å². The first-order valence-electron chi connectivity index (χ1n) is 10.7. The molecule has 0 spiro atoms. The predicted molar refractivity (Wildman–Crippen MR) is 146 cm³/mol. The highest BCUT2D eigenvalue weighted by Gasteiger charge is 2.20. The maximum absolute atomic E-state index is 11.8. The number of carbonyl (C=O) groups excluding carboxylic acids is 1. The molecule has 1 aliphatic heterocycles. The Morgan fingerprint density at radius 1 is 1.13 bits per heavy atom. The molecular formula is C24H14Cl3N5O5S. The summed E-state index contributed by atoms with van der Waals surface area (Å²) in [5.41, 5.74) is 1.71. The van der Waals surface area contributed by atoms with E-state index in [4.69, 9.17) is 39.5 Å². The second kappa shape index (κ2) is 10.5. The van der Waals surface area contributed by atoms with Crippen molar-refractivity contribution >= 4 is 75.3 Å². The number of nitro groups is 1. The second-order valence-corrected chi connectivity index (χ2v) is 9.93. The summed E-state index contributed by atoms with van der Waals surface area (Å²) in [6, 6.07) is 12.5. The first kappa shape index (κ1) is 25.7. The summed E-state index contributed by atoms with van der Waals surface area (Å²) in [5.74, 6) is -0.341. The average molecular weight is 591 g/mol. The zero-order valence-electron chi connectivity index (χ0n) is 18.9. The molecule has 10 nitrogen and oxygen atoms in total. The van der Waals surface area contributed by atoms with Gasteiger partial charge in [-0.2, -0.15) is 5.10 Å². The number of phenols is 1. The van der Waals surface area contributed by atoms with E-state index < -0.39 is 16.4 Å². The average Bonchev–Trinajstić information content (AvgIpc) is 3.28. The van der Waals surface area contributed by atoms with Crippen LogP contribution in [-0.2, 0) is 4.79 Å². The van der Waals surface area contributed by atoms with Crippen molar-refractivity contribution in [3.63, 3.8) is 0 Å². The molecule has 0 radical (unpaired) electrons. The Kier molecular flexibility index (Phi) is 7.09. The Morgan fingerprint density at radius 3 is 2.71 bits per heavy atom. The van der Waals surface area contributed by atoms with Crippen LogP contribution in [0.25, 0.3) is 11.3 Å². The Balaban J connectivity index is 1.66. The number of fused-ring (bicyclic) bond motifs is 1. The molecule has 3 aromatic carbocycles. The van der Waals surface area contributed by atoms with Gasteiger partial charge in [0.1, 0.15) is 5.75 Å². The Morgan fingerprint density at radius 2 is 1.95 bits per heavy atom.